The smallest absolute Gasteiger partial charge is 0.132 e. The molecule has 3 nitrogen and oxygen atoms in total. The molecule has 0 bridgehead atoms. The molecule has 4 heteroatoms. The van der Waals surface area contributed by atoms with E-state index in [1.807, 2.05) is 48.7 Å². The van der Waals surface area contributed by atoms with Gasteiger partial charge in [-0.05, 0) is 48.7 Å². The van der Waals surface area contributed by atoms with Gasteiger partial charge in [-0.1, -0.05) is 0 Å². The Hall–Kier alpha value is -1.65. The Morgan fingerprint density at radius 2 is 1.83 bits per heavy atom. The second-order valence-corrected chi connectivity index (χ2v) is 4.73. The topological polar surface area (TPSA) is 61.3 Å². The molecule has 4 N–H and O–H groups in total. The maximum atomic E-state index is 5.81. The first-order valence-corrected chi connectivity index (χ1v) is 6.86. The van der Waals surface area contributed by atoms with Gasteiger partial charge in [-0.25, -0.2) is 0 Å². The van der Waals surface area contributed by atoms with Crippen molar-refractivity contribution in [2.75, 3.05) is 12.0 Å². The molecule has 0 radical (unpaired) electrons. The Labute approximate surface area is 111 Å². The van der Waals surface area contributed by atoms with Gasteiger partial charge in [0.1, 0.15) is 11.5 Å². The molecule has 94 valence electrons. The minimum atomic E-state index is 0.406. The van der Waals surface area contributed by atoms with Gasteiger partial charge in [-0.3, -0.25) is 0 Å². The summed E-state index contributed by atoms with van der Waals surface area (Å²) in [6, 6.07) is 13.4. The summed E-state index contributed by atoms with van der Waals surface area (Å²) in [5.74, 6) is 1.55. The number of benzene rings is 2. The van der Waals surface area contributed by atoms with Crippen LogP contribution in [0.2, 0.25) is 0 Å². The van der Waals surface area contributed by atoms with E-state index < -0.39 is 0 Å². The zero-order valence-electron chi connectivity index (χ0n) is 10.2. The van der Waals surface area contributed by atoms with E-state index in [4.69, 9.17) is 16.2 Å². The average molecular weight is 260 g/mol. The first kappa shape index (κ1) is 12.8. The van der Waals surface area contributed by atoms with Crippen LogP contribution in [0.3, 0.4) is 0 Å². The SMILES string of the molecule is CSc1ccc(Oc2ccc(N)cc2CN)cc1. The number of nitrogens with two attached hydrogens (primary N) is 2. The van der Waals surface area contributed by atoms with E-state index in [0.717, 1.165) is 17.1 Å². The van der Waals surface area contributed by atoms with Crippen LogP contribution < -0.4 is 16.2 Å². The van der Waals surface area contributed by atoms with Crippen LogP contribution in [0.4, 0.5) is 5.69 Å². The van der Waals surface area contributed by atoms with E-state index in [2.05, 4.69) is 0 Å². The van der Waals surface area contributed by atoms with Crippen molar-refractivity contribution in [3.05, 3.63) is 48.0 Å². The zero-order chi connectivity index (χ0) is 13.0. The first-order valence-electron chi connectivity index (χ1n) is 5.63. The third kappa shape index (κ3) is 2.97. The van der Waals surface area contributed by atoms with Crippen LogP contribution >= 0.6 is 11.8 Å². The predicted molar refractivity (Wildman–Crippen MR) is 77.0 cm³/mol. The molecule has 0 aliphatic heterocycles. The molecule has 0 aliphatic carbocycles. The Kier molecular flexibility index (Phi) is 4.12. The van der Waals surface area contributed by atoms with E-state index in [1.165, 1.54) is 4.90 Å². The zero-order valence-corrected chi connectivity index (χ0v) is 11.0. The fourth-order valence-corrected chi connectivity index (χ4v) is 2.04. The van der Waals surface area contributed by atoms with Crippen molar-refractivity contribution in [1.82, 2.24) is 0 Å². The lowest BCUT2D eigenvalue weighted by molar-refractivity contribution is 0.476. The van der Waals surface area contributed by atoms with Gasteiger partial charge in [0, 0.05) is 22.7 Å². The van der Waals surface area contributed by atoms with Gasteiger partial charge in [0.25, 0.3) is 0 Å². The highest BCUT2D eigenvalue weighted by molar-refractivity contribution is 7.98. The number of rotatable bonds is 4. The number of anilines is 1. The fourth-order valence-electron chi connectivity index (χ4n) is 1.63. The molecule has 0 unspecified atom stereocenters. The van der Waals surface area contributed by atoms with E-state index in [-0.39, 0.29) is 0 Å². The Morgan fingerprint density at radius 3 is 2.44 bits per heavy atom. The van der Waals surface area contributed by atoms with Crippen LogP contribution in [-0.2, 0) is 6.54 Å². The first-order chi connectivity index (χ1) is 8.72. The lowest BCUT2D eigenvalue weighted by atomic mass is 10.2. The van der Waals surface area contributed by atoms with E-state index in [9.17, 15) is 0 Å². The van der Waals surface area contributed by atoms with Crippen molar-refractivity contribution < 1.29 is 4.74 Å². The van der Waals surface area contributed by atoms with Crippen molar-refractivity contribution >= 4 is 17.4 Å². The van der Waals surface area contributed by atoms with Gasteiger partial charge in [-0.15, -0.1) is 11.8 Å². The summed E-state index contributed by atoms with van der Waals surface area (Å²) in [7, 11) is 0. The molecule has 0 spiro atoms. The lowest BCUT2D eigenvalue weighted by Crippen LogP contribution is -2.00. The molecular formula is C14H16N2OS. The summed E-state index contributed by atoms with van der Waals surface area (Å²) < 4.78 is 5.81. The molecule has 0 fully saturated rings. The van der Waals surface area contributed by atoms with Crippen molar-refractivity contribution in [3.63, 3.8) is 0 Å². The molecule has 0 aliphatic rings. The highest BCUT2D eigenvalue weighted by Crippen LogP contribution is 2.28. The summed E-state index contributed by atoms with van der Waals surface area (Å²) >= 11 is 1.70. The number of nitrogen functional groups attached to an aromatic ring is 1. The highest BCUT2D eigenvalue weighted by Gasteiger charge is 2.04. The van der Waals surface area contributed by atoms with Gasteiger partial charge < -0.3 is 16.2 Å². The molecule has 2 aromatic carbocycles. The Balaban J connectivity index is 2.22. The van der Waals surface area contributed by atoms with Crippen molar-refractivity contribution in [1.29, 1.82) is 0 Å². The van der Waals surface area contributed by atoms with E-state index in [1.54, 1.807) is 11.8 Å². The molecule has 0 heterocycles. The number of thioether (sulfide) groups is 1. The van der Waals surface area contributed by atoms with Crippen molar-refractivity contribution in [2.24, 2.45) is 5.73 Å². The lowest BCUT2D eigenvalue weighted by Gasteiger charge is -2.11. The second-order valence-electron chi connectivity index (χ2n) is 3.85. The van der Waals surface area contributed by atoms with Crippen LogP contribution in [0, 0.1) is 0 Å². The van der Waals surface area contributed by atoms with E-state index >= 15 is 0 Å². The monoisotopic (exact) mass is 260 g/mol. The van der Waals surface area contributed by atoms with Crippen LogP contribution in [0.25, 0.3) is 0 Å². The molecule has 0 aromatic heterocycles. The normalized spacial score (nSPS) is 10.3. The van der Waals surface area contributed by atoms with Crippen molar-refractivity contribution in [2.45, 2.75) is 11.4 Å². The van der Waals surface area contributed by atoms with Gasteiger partial charge in [0.05, 0.1) is 0 Å². The minimum absolute atomic E-state index is 0.406. The predicted octanol–water partition coefficient (Wildman–Crippen LogP) is 3.24. The summed E-state index contributed by atoms with van der Waals surface area (Å²) in [6.07, 6.45) is 2.04. The van der Waals surface area contributed by atoms with Crippen LogP contribution in [-0.4, -0.2) is 6.26 Å². The molecule has 0 atom stereocenters. The van der Waals surface area contributed by atoms with Crippen LogP contribution in [0.1, 0.15) is 5.56 Å². The number of hydrogen-bond acceptors (Lipinski definition) is 4. The third-order valence-electron chi connectivity index (χ3n) is 2.59. The summed E-state index contributed by atoms with van der Waals surface area (Å²) in [6.45, 7) is 0.406. The molecule has 0 saturated heterocycles. The molecule has 0 saturated carbocycles. The van der Waals surface area contributed by atoms with Gasteiger partial charge >= 0.3 is 0 Å². The second kappa shape index (κ2) is 5.80. The van der Waals surface area contributed by atoms with Crippen LogP contribution in [0.15, 0.2) is 47.4 Å². The molecular weight excluding hydrogens is 244 g/mol. The molecule has 0 amide bonds. The maximum Gasteiger partial charge on any atom is 0.132 e. The highest BCUT2D eigenvalue weighted by atomic mass is 32.2. The molecule has 2 rings (SSSR count). The number of ether oxygens (including phenoxy) is 1. The fraction of sp³-hybridized carbons (Fsp3) is 0.143. The number of hydrogen-bond donors (Lipinski definition) is 2. The summed E-state index contributed by atoms with van der Waals surface area (Å²) in [4.78, 5) is 1.21. The van der Waals surface area contributed by atoms with Gasteiger partial charge in [0.2, 0.25) is 0 Å². The quantitative estimate of drug-likeness (QED) is 0.654. The van der Waals surface area contributed by atoms with Gasteiger partial charge in [-0.2, -0.15) is 0 Å². The molecule has 2 aromatic rings. The minimum Gasteiger partial charge on any atom is -0.457 e. The standard InChI is InChI=1S/C14H16N2OS/c1-18-13-5-3-12(4-6-13)17-14-7-2-11(16)8-10(14)9-15/h2-8H,9,15-16H2,1H3. The Bertz CT molecular complexity index is 526. The van der Waals surface area contributed by atoms with Gasteiger partial charge in [0.15, 0.2) is 0 Å². The Morgan fingerprint density at radius 1 is 1.11 bits per heavy atom. The maximum absolute atomic E-state index is 5.81. The van der Waals surface area contributed by atoms with Crippen LogP contribution in [0.5, 0.6) is 11.5 Å². The summed E-state index contributed by atoms with van der Waals surface area (Å²) in [5, 5.41) is 0. The third-order valence-corrected chi connectivity index (χ3v) is 3.34. The summed E-state index contributed by atoms with van der Waals surface area (Å²) in [5.41, 5.74) is 13.0. The average Bonchev–Trinajstić information content (AvgIpc) is 2.41. The van der Waals surface area contributed by atoms with Crippen molar-refractivity contribution in [3.8, 4) is 11.5 Å². The van der Waals surface area contributed by atoms with E-state index in [0.29, 0.717) is 12.2 Å². The largest absolute Gasteiger partial charge is 0.457 e. The molecule has 18 heavy (non-hydrogen) atoms.